The van der Waals surface area contributed by atoms with Crippen molar-refractivity contribution in [2.24, 2.45) is 0 Å². The topological polar surface area (TPSA) is 102 Å². The van der Waals surface area contributed by atoms with Gasteiger partial charge in [0.25, 0.3) is 0 Å². The number of rotatable bonds is 0. The molecule has 0 unspecified atom stereocenters. The Hall–Kier alpha value is -0.0700. The Morgan fingerprint density at radius 2 is 1.89 bits per heavy atom. The first kappa shape index (κ1) is 16.0. The fourth-order valence-electron chi connectivity index (χ4n) is 0.181. The van der Waals surface area contributed by atoms with Crippen molar-refractivity contribution in [3.8, 4) is 0 Å². The summed E-state index contributed by atoms with van der Waals surface area (Å²) >= 11 is 0. The summed E-state index contributed by atoms with van der Waals surface area (Å²) in [4.78, 5) is 0. The molecule has 1 aromatic heterocycles. The molecule has 6 heteroatoms. The molecule has 4 N–H and O–H groups in total. The second-order valence-corrected chi connectivity index (χ2v) is 0.750. The molecule has 0 amide bonds. The molecule has 0 fully saturated rings. The van der Waals surface area contributed by atoms with Crippen molar-refractivity contribution in [2.75, 3.05) is 0 Å². The summed E-state index contributed by atoms with van der Waals surface area (Å²) in [7, 11) is 0. The van der Waals surface area contributed by atoms with Gasteiger partial charge in [0.05, 0.1) is 0 Å². The molecule has 0 aromatic carbocycles. The normalized spacial score (nSPS) is 5.33. The summed E-state index contributed by atoms with van der Waals surface area (Å²) in [5.41, 5.74) is 0. The van der Waals surface area contributed by atoms with Gasteiger partial charge in [-0.2, -0.15) is 6.07 Å². The van der Waals surface area contributed by atoms with Gasteiger partial charge >= 0.3 is 29.6 Å². The predicted molar refractivity (Wildman–Crippen MR) is 25.9 cm³/mol. The van der Waals surface area contributed by atoms with E-state index < -0.39 is 0 Å². The minimum atomic E-state index is 0. The zero-order valence-corrected chi connectivity index (χ0v) is 7.00. The maximum Gasteiger partial charge on any atom is 1.00 e. The zero-order chi connectivity index (χ0) is 4.24. The maximum atomic E-state index is 3.39. The van der Waals surface area contributed by atoms with Crippen LogP contribution < -0.4 is 29.6 Å². The summed E-state index contributed by atoms with van der Waals surface area (Å²) in [6.07, 6.45) is 3.99. The van der Waals surface area contributed by atoms with Crippen molar-refractivity contribution < 1.29 is 40.5 Å². The predicted octanol–water partition coefficient (Wildman–Crippen LogP) is -4.97. The largest absolute Gasteiger partial charge is 1.00 e. The van der Waals surface area contributed by atoms with Crippen molar-refractivity contribution in [2.45, 2.75) is 0 Å². The summed E-state index contributed by atoms with van der Waals surface area (Å²) in [6.45, 7) is 0. The Morgan fingerprint density at radius 1 is 1.22 bits per heavy atom. The molecule has 0 spiro atoms. The van der Waals surface area contributed by atoms with Crippen LogP contribution in [0.25, 0.3) is 0 Å². The van der Waals surface area contributed by atoms with E-state index in [4.69, 9.17) is 0 Å². The smallest absolute Gasteiger partial charge is 0.412 e. The number of hydrogen-bond acceptors (Lipinski definition) is 3. The second-order valence-electron chi connectivity index (χ2n) is 0.750. The van der Waals surface area contributed by atoms with Crippen LogP contribution in [-0.4, -0.2) is 26.4 Å². The zero-order valence-electron chi connectivity index (χ0n) is 5.00. The number of nitrogens with zero attached hydrogens (tertiary/aromatic N) is 3. The summed E-state index contributed by atoms with van der Waals surface area (Å²) in [5.74, 6) is 0. The van der Waals surface area contributed by atoms with Crippen LogP contribution in [0.1, 0.15) is 0 Å². The minimum Gasteiger partial charge on any atom is -0.412 e. The molecule has 0 saturated carbocycles. The molecule has 5 nitrogen and oxygen atoms in total. The van der Waals surface area contributed by atoms with Crippen molar-refractivity contribution in [1.82, 2.24) is 15.4 Å². The summed E-state index contributed by atoms with van der Waals surface area (Å²) in [6, 6.07) is 1.59. The molecule has 46 valence electrons. The first-order chi connectivity index (χ1) is 3.00. The fraction of sp³-hybridized carbons (Fsp3) is 0. The SMILES string of the molecule is O.O.[Na+].[c-]1ccnnn1. The van der Waals surface area contributed by atoms with Gasteiger partial charge in [0.2, 0.25) is 0 Å². The molecule has 1 rings (SSSR count). The van der Waals surface area contributed by atoms with Crippen molar-refractivity contribution >= 4 is 0 Å². The van der Waals surface area contributed by atoms with Crippen LogP contribution in [0.15, 0.2) is 12.3 Å². The van der Waals surface area contributed by atoms with Crippen molar-refractivity contribution in [3.05, 3.63) is 18.5 Å². The van der Waals surface area contributed by atoms with Crippen LogP contribution in [0, 0.1) is 6.20 Å². The quantitative estimate of drug-likeness (QED) is 0.265. The van der Waals surface area contributed by atoms with Crippen LogP contribution >= 0.6 is 0 Å². The van der Waals surface area contributed by atoms with Gasteiger partial charge in [-0.1, -0.05) is 11.4 Å². The Labute approximate surface area is 74.4 Å². The average Bonchev–Trinajstić information content (AvgIpc) is 1.72. The molecule has 0 radical (unpaired) electrons. The Morgan fingerprint density at radius 3 is 2.00 bits per heavy atom. The molecular weight excluding hydrogens is 133 g/mol. The molecule has 0 atom stereocenters. The Balaban J connectivity index is -0.000000120. The minimum absolute atomic E-state index is 0. The van der Waals surface area contributed by atoms with E-state index >= 15 is 0 Å². The van der Waals surface area contributed by atoms with Gasteiger partial charge in [0.15, 0.2) is 0 Å². The van der Waals surface area contributed by atoms with E-state index in [2.05, 4.69) is 21.6 Å². The third-order valence-corrected chi connectivity index (χ3v) is 0.370. The monoisotopic (exact) mass is 139 g/mol. The molecule has 0 saturated heterocycles. The van der Waals surface area contributed by atoms with E-state index in [1.165, 1.54) is 6.20 Å². The molecular formula is C3H6N3NaO2. The van der Waals surface area contributed by atoms with Gasteiger partial charge in [0, 0.05) is 0 Å². The van der Waals surface area contributed by atoms with Crippen LogP contribution in [0.3, 0.4) is 0 Å². The van der Waals surface area contributed by atoms with Crippen molar-refractivity contribution in [3.63, 3.8) is 0 Å². The van der Waals surface area contributed by atoms with Gasteiger partial charge in [-0.25, -0.2) is 10.2 Å². The van der Waals surface area contributed by atoms with E-state index in [1.807, 2.05) is 0 Å². The molecule has 0 aliphatic carbocycles. The van der Waals surface area contributed by atoms with E-state index in [1.54, 1.807) is 6.07 Å². The first-order valence-corrected chi connectivity index (χ1v) is 1.50. The van der Waals surface area contributed by atoms with Gasteiger partial charge in [-0.15, -0.1) is 6.20 Å². The van der Waals surface area contributed by atoms with Gasteiger partial charge in [0.1, 0.15) is 0 Å². The van der Waals surface area contributed by atoms with E-state index in [9.17, 15) is 0 Å². The fourth-order valence-corrected chi connectivity index (χ4v) is 0.181. The van der Waals surface area contributed by atoms with Crippen LogP contribution in [0.2, 0.25) is 0 Å². The van der Waals surface area contributed by atoms with Crippen LogP contribution in [-0.2, 0) is 0 Å². The van der Waals surface area contributed by atoms with Gasteiger partial charge in [-0.05, 0) is 0 Å². The molecule has 0 aliphatic heterocycles. The summed E-state index contributed by atoms with van der Waals surface area (Å²) < 4.78 is 0. The molecule has 1 heterocycles. The third-order valence-electron chi connectivity index (χ3n) is 0.370. The standard InChI is InChI=1S/C3H2N3.Na.2H2O/c1-2-4-6-5-3-1;;;/h1-2H;;2*1H2/q-1;+1;;. The number of hydrogen-bond donors (Lipinski definition) is 0. The van der Waals surface area contributed by atoms with Crippen molar-refractivity contribution in [1.29, 1.82) is 0 Å². The van der Waals surface area contributed by atoms with Crippen LogP contribution in [0.4, 0.5) is 0 Å². The van der Waals surface area contributed by atoms with E-state index in [0.717, 1.165) is 0 Å². The van der Waals surface area contributed by atoms with E-state index in [0.29, 0.717) is 0 Å². The molecule has 0 bridgehead atoms. The molecule has 9 heavy (non-hydrogen) atoms. The Bertz CT molecular complexity index is 89.0. The third kappa shape index (κ3) is 7.93. The van der Waals surface area contributed by atoms with Gasteiger partial charge in [-0.3, -0.25) is 0 Å². The molecule has 1 aromatic rings. The number of aromatic nitrogens is 3. The second kappa shape index (κ2) is 10.8. The average molecular weight is 139 g/mol. The van der Waals surface area contributed by atoms with Gasteiger partial charge < -0.3 is 11.0 Å². The maximum absolute atomic E-state index is 3.39. The van der Waals surface area contributed by atoms with Crippen LogP contribution in [0.5, 0.6) is 0 Å². The molecule has 0 aliphatic rings. The Kier molecular flexibility index (Phi) is 19.2. The summed E-state index contributed by atoms with van der Waals surface area (Å²) in [5, 5.41) is 9.92. The first-order valence-electron chi connectivity index (χ1n) is 1.50. The van der Waals surface area contributed by atoms with E-state index in [-0.39, 0.29) is 40.5 Å².